The summed E-state index contributed by atoms with van der Waals surface area (Å²) in [5.41, 5.74) is 6.46. The average Bonchev–Trinajstić information content (AvgIpc) is 2.71. The second-order valence-electron chi connectivity index (χ2n) is 6.58. The van der Waals surface area contributed by atoms with Crippen molar-refractivity contribution < 1.29 is 26.5 Å². The lowest BCUT2D eigenvalue weighted by Crippen LogP contribution is -2.17. The van der Waals surface area contributed by atoms with Gasteiger partial charge in [0.2, 0.25) is 5.95 Å². The van der Waals surface area contributed by atoms with Crippen LogP contribution in [0.15, 0.2) is 48.7 Å². The second kappa shape index (κ2) is 9.47. The summed E-state index contributed by atoms with van der Waals surface area (Å²) >= 11 is 0. The van der Waals surface area contributed by atoms with Crippen LogP contribution in [0.4, 0.5) is 21.8 Å². The fourth-order valence-electron chi connectivity index (χ4n) is 2.70. The smallest absolute Gasteiger partial charge is 0.306 e. The fourth-order valence-corrected chi connectivity index (χ4v) is 3.16. The normalized spacial score (nSPS) is 11.0. The summed E-state index contributed by atoms with van der Waals surface area (Å²) in [6.45, 7) is 0.184. The molecule has 0 fully saturated rings. The number of halogens is 1. The van der Waals surface area contributed by atoms with Gasteiger partial charge in [-0.2, -0.15) is 13.4 Å². The van der Waals surface area contributed by atoms with Gasteiger partial charge in [-0.05, 0) is 29.8 Å². The summed E-state index contributed by atoms with van der Waals surface area (Å²) in [6, 6.07) is 10.4. The van der Waals surface area contributed by atoms with Gasteiger partial charge in [0.1, 0.15) is 11.6 Å². The van der Waals surface area contributed by atoms with Crippen LogP contribution in [0, 0.1) is 5.82 Å². The van der Waals surface area contributed by atoms with E-state index in [1.165, 1.54) is 37.6 Å². The number of carbonyl (C=O) groups excluding carboxylic acids is 1. The third-order valence-corrected chi connectivity index (χ3v) is 4.55. The van der Waals surface area contributed by atoms with Gasteiger partial charge in [-0.1, -0.05) is 12.1 Å². The molecule has 3 aromatic rings. The van der Waals surface area contributed by atoms with Crippen LogP contribution in [0.2, 0.25) is 0 Å². The highest BCUT2D eigenvalue weighted by molar-refractivity contribution is 7.86. The molecular weight excluding hydrogens is 441 g/mol. The van der Waals surface area contributed by atoms with Gasteiger partial charge in [0, 0.05) is 24.5 Å². The predicted octanol–water partition coefficient (Wildman–Crippen LogP) is 2.42. The highest BCUT2D eigenvalue weighted by Crippen LogP contribution is 2.32. The minimum Gasteiger partial charge on any atom is -0.493 e. The zero-order valence-electron chi connectivity index (χ0n) is 17.1. The molecule has 1 amide bonds. The molecule has 32 heavy (non-hydrogen) atoms. The number of anilines is 3. The number of primary amides is 1. The first-order valence-electron chi connectivity index (χ1n) is 9.14. The number of methoxy groups -OCH3 is 1. The molecule has 0 spiro atoms. The zero-order chi connectivity index (χ0) is 23.3. The molecule has 1 aromatic heterocycles. The van der Waals surface area contributed by atoms with E-state index >= 15 is 0 Å². The van der Waals surface area contributed by atoms with Crippen molar-refractivity contribution in [1.29, 1.82) is 0 Å². The van der Waals surface area contributed by atoms with Crippen molar-refractivity contribution in [2.45, 2.75) is 6.54 Å². The Hall–Kier alpha value is -3.93. The van der Waals surface area contributed by atoms with Crippen molar-refractivity contribution >= 4 is 33.5 Å². The molecule has 4 N–H and O–H groups in total. The molecule has 10 nitrogen and oxygen atoms in total. The summed E-state index contributed by atoms with van der Waals surface area (Å²) in [6.07, 6.45) is 2.15. The molecule has 0 unspecified atom stereocenters. The lowest BCUT2D eigenvalue weighted by Gasteiger charge is -2.13. The van der Waals surface area contributed by atoms with Crippen molar-refractivity contribution in [1.82, 2.24) is 9.97 Å². The minimum absolute atomic E-state index is 0.0294. The molecule has 0 saturated heterocycles. The van der Waals surface area contributed by atoms with Crippen LogP contribution in [-0.4, -0.2) is 37.7 Å². The maximum atomic E-state index is 13.4. The number of nitrogens with one attached hydrogen (secondary N) is 2. The van der Waals surface area contributed by atoms with Gasteiger partial charge in [0.15, 0.2) is 11.5 Å². The lowest BCUT2D eigenvalue weighted by atomic mass is 10.2. The summed E-state index contributed by atoms with van der Waals surface area (Å²) < 4.78 is 46.4. The van der Waals surface area contributed by atoms with Gasteiger partial charge < -0.3 is 25.3 Å². The number of hydrogen-bond donors (Lipinski definition) is 3. The molecule has 0 bridgehead atoms. The number of amides is 1. The molecule has 0 radical (unpaired) electrons. The van der Waals surface area contributed by atoms with Crippen LogP contribution in [0.3, 0.4) is 0 Å². The Kier molecular flexibility index (Phi) is 6.73. The van der Waals surface area contributed by atoms with Gasteiger partial charge >= 0.3 is 10.1 Å². The van der Waals surface area contributed by atoms with E-state index < -0.39 is 21.8 Å². The second-order valence-corrected chi connectivity index (χ2v) is 8.16. The third kappa shape index (κ3) is 6.04. The summed E-state index contributed by atoms with van der Waals surface area (Å²) in [7, 11) is -2.41. The van der Waals surface area contributed by atoms with E-state index in [9.17, 15) is 17.6 Å². The number of hydrogen-bond acceptors (Lipinski definition) is 9. The molecule has 0 aliphatic heterocycles. The summed E-state index contributed by atoms with van der Waals surface area (Å²) in [4.78, 5) is 20.1. The zero-order valence-corrected chi connectivity index (χ0v) is 17.9. The highest BCUT2D eigenvalue weighted by atomic mass is 32.2. The fraction of sp³-hybridized carbons (Fsp3) is 0.150. The first kappa shape index (κ1) is 22.7. The number of aromatic nitrogens is 2. The van der Waals surface area contributed by atoms with E-state index in [-0.39, 0.29) is 35.4 Å². The van der Waals surface area contributed by atoms with Gasteiger partial charge in [-0.3, -0.25) is 4.79 Å². The molecule has 168 valence electrons. The van der Waals surface area contributed by atoms with E-state index in [0.29, 0.717) is 11.3 Å². The van der Waals surface area contributed by atoms with Gasteiger partial charge in [0.05, 0.1) is 18.9 Å². The molecule has 12 heteroatoms. The molecule has 0 aliphatic rings. The Labute approximate surface area is 183 Å². The largest absolute Gasteiger partial charge is 0.493 e. The monoisotopic (exact) mass is 461 g/mol. The quantitative estimate of drug-likeness (QED) is 0.409. The predicted molar refractivity (Wildman–Crippen MR) is 116 cm³/mol. The molecule has 3 rings (SSSR count). The number of nitrogens with two attached hydrogens (primary N) is 1. The van der Waals surface area contributed by atoms with Gasteiger partial charge in [0.25, 0.3) is 5.91 Å². The van der Waals surface area contributed by atoms with Crippen LogP contribution >= 0.6 is 0 Å². The van der Waals surface area contributed by atoms with Crippen molar-refractivity contribution in [3.63, 3.8) is 0 Å². The Morgan fingerprint density at radius 2 is 1.97 bits per heavy atom. The Balaban J connectivity index is 1.86. The van der Waals surface area contributed by atoms with Crippen LogP contribution < -0.4 is 25.3 Å². The van der Waals surface area contributed by atoms with E-state index in [0.717, 1.165) is 6.26 Å². The number of benzene rings is 2. The van der Waals surface area contributed by atoms with Crippen LogP contribution in [0.5, 0.6) is 11.5 Å². The number of carbonyl (C=O) groups is 1. The van der Waals surface area contributed by atoms with E-state index in [2.05, 4.69) is 20.6 Å². The number of rotatable bonds is 9. The maximum Gasteiger partial charge on any atom is 0.306 e. The minimum atomic E-state index is -3.79. The SMILES string of the molecule is COc1ccc(Nc2ncc(C(N)=O)c(NCc3cccc(F)c3)n2)cc1OS(C)(=O)=O. The maximum absolute atomic E-state index is 13.4. The molecule has 2 aromatic carbocycles. The molecule has 1 heterocycles. The van der Waals surface area contributed by atoms with Crippen LogP contribution in [-0.2, 0) is 16.7 Å². The standard InChI is InChI=1S/C20H20FN5O5S/c1-30-16-7-6-14(9-17(16)31-32(2,28)29)25-20-24-11-15(18(22)27)19(26-20)23-10-12-4-3-5-13(21)8-12/h3-9,11H,10H2,1-2H3,(H2,22,27)(H2,23,24,25,26). The number of ether oxygens (including phenoxy) is 1. The van der Waals surface area contributed by atoms with Crippen molar-refractivity contribution in [2.24, 2.45) is 5.73 Å². The average molecular weight is 461 g/mol. The van der Waals surface area contributed by atoms with Gasteiger partial charge in [-0.15, -0.1) is 0 Å². The topological polar surface area (TPSA) is 146 Å². The third-order valence-electron chi connectivity index (χ3n) is 4.06. The van der Waals surface area contributed by atoms with E-state index in [4.69, 9.17) is 14.7 Å². The highest BCUT2D eigenvalue weighted by Gasteiger charge is 2.15. The summed E-state index contributed by atoms with van der Waals surface area (Å²) in [5, 5.41) is 5.83. The molecule has 0 atom stereocenters. The van der Waals surface area contributed by atoms with Crippen molar-refractivity contribution in [2.75, 3.05) is 24.0 Å². The first-order chi connectivity index (χ1) is 15.1. The van der Waals surface area contributed by atoms with Crippen molar-refractivity contribution in [3.05, 3.63) is 65.6 Å². The Morgan fingerprint density at radius 3 is 2.62 bits per heavy atom. The number of nitrogens with zero attached hydrogens (tertiary/aromatic N) is 2. The Morgan fingerprint density at radius 1 is 1.19 bits per heavy atom. The van der Waals surface area contributed by atoms with E-state index in [1.54, 1.807) is 18.2 Å². The van der Waals surface area contributed by atoms with Crippen LogP contribution in [0.1, 0.15) is 15.9 Å². The Bertz CT molecular complexity index is 1250. The lowest BCUT2D eigenvalue weighted by molar-refractivity contribution is 0.100. The first-order valence-corrected chi connectivity index (χ1v) is 11.0. The van der Waals surface area contributed by atoms with Crippen LogP contribution in [0.25, 0.3) is 0 Å². The van der Waals surface area contributed by atoms with Crippen molar-refractivity contribution in [3.8, 4) is 11.5 Å². The van der Waals surface area contributed by atoms with Gasteiger partial charge in [-0.25, -0.2) is 9.37 Å². The van der Waals surface area contributed by atoms with E-state index in [1.807, 2.05) is 0 Å². The molecule has 0 aliphatic carbocycles. The molecular formula is C20H20FN5O5S. The summed E-state index contributed by atoms with van der Waals surface area (Å²) in [5.74, 6) is -0.725. The molecule has 0 saturated carbocycles.